The highest BCUT2D eigenvalue weighted by molar-refractivity contribution is 6.29. The summed E-state index contributed by atoms with van der Waals surface area (Å²) < 4.78 is 25.0. The lowest BCUT2D eigenvalue weighted by Gasteiger charge is -2.11. The molecule has 0 saturated heterocycles. The van der Waals surface area contributed by atoms with Crippen LogP contribution in [0.4, 0.5) is 0 Å². The Bertz CT molecular complexity index is 4210. The molecule has 0 saturated carbocycles. The highest BCUT2D eigenvalue weighted by Gasteiger charge is 2.23. The number of hydrogen-bond donors (Lipinski definition) is 0. The Morgan fingerprint density at radius 1 is 0.262 bits per heavy atom. The molecule has 0 unspecified atom stereocenters. The van der Waals surface area contributed by atoms with Gasteiger partial charge in [-0.2, -0.15) is 0 Å². The summed E-state index contributed by atoms with van der Waals surface area (Å²) >= 11 is 0. The molecule has 5 heteroatoms. The van der Waals surface area contributed by atoms with Crippen LogP contribution < -0.4 is 0 Å². The van der Waals surface area contributed by atoms with Crippen LogP contribution in [0, 0.1) is 0 Å². The van der Waals surface area contributed by atoms with E-state index in [2.05, 4.69) is 191 Å². The summed E-state index contributed by atoms with van der Waals surface area (Å²) in [6.45, 7) is 0. The van der Waals surface area contributed by atoms with Crippen LogP contribution in [0.5, 0.6) is 0 Å². The minimum Gasteiger partial charge on any atom is -0.455 e. The highest BCUT2D eigenvalue weighted by atomic mass is 16.3. The van der Waals surface area contributed by atoms with E-state index in [1.165, 1.54) is 0 Å². The van der Waals surface area contributed by atoms with Crippen LogP contribution >= 0.6 is 0 Å². The molecule has 0 aliphatic heterocycles. The number of nitrogens with zero attached hydrogens (tertiary/aromatic N) is 2. The molecule has 0 bridgehead atoms. The summed E-state index contributed by atoms with van der Waals surface area (Å²) in [6.07, 6.45) is 0. The largest absolute Gasteiger partial charge is 0.455 e. The van der Waals surface area contributed by atoms with Gasteiger partial charge in [-0.15, -0.1) is 0 Å². The Hall–Kier alpha value is -8.80. The fourth-order valence-corrected chi connectivity index (χ4v) is 10.9. The number of rotatable bonds is 4. The number of hydrogen-bond acceptors (Lipinski definition) is 3. The standard InChI is InChI=1S/C60H34N2O3/c1-5-25-49-47(19-1)55-51(61(49)37-15-9-13-35(33-37)39-21-11-23-43-41-17-3-7-27-53(41)63-57(39)43)31-29-45-46-30-32-52-56(60(46)65-59(45)55)48-20-2-6-26-50(48)62(52)38-16-10-14-36(34-38)40-22-12-24-44-42-18-4-8-28-54(42)64-58(40)44/h1-34H. The summed E-state index contributed by atoms with van der Waals surface area (Å²) in [6, 6.07) is 73.4. The van der Waals surface area contributed by atoms with Crippen molar-refractivity contribution in [3.05, 3.63) is 206 Å². The molecule has 302 valence electrons. The molecule has 0 atom stereocenters. The van der Waals surface area contributed by atoms with Crippen molar-refractivity contribution in [2.75, 3.05) is 0 Å². The summed E-state index contributed by atoms with van der Waals surface area (Å²) in [4.78, 5) is 0. The third-order valence-electron chi connectivity index (χ3n) is 13.7. The zero-order chi connectivity index (χ0) is 42.3. The number of fused-ring (bicyclic) bond motifs is 17. The molecule has 0 aliphatic rings. The van der Waals surface area contributed by atoms with Crippen molar-refractivity contribution in [2.45, 2.75) is 0 Å². The highest BCUT2D eigenvalue weighted by Crippen LogP contribution is 2.46. The van der Waals surface area contributed by atoms with Gasteiger partial charge in [0.15, 0.2) is 0 Å². The van der Waals surface area contributed by atoms with Gasteiger partial charge in [-0.3, -0.25) is 0 Å². The average molecular weight is 831 g/mol. The topological polar surface area (TPSA) is 49.3 Å². The van der Waals surface area contributed by atoms with Crippen molar-refractivity contribution >= 4 is 109 Å². The van der Waals surface area contributed by atoms with Crippen molar-refractivity contribution in [1.29, 1.82) is 0 Å². The first-order chi connectivity index (χ1) is 32.2. The van der Waals surface area contributed by atoms with Gasteiger partial charge in [0.25, 0.3) is 0 Å². The van der Waals surface area contributed by atoms with Gasteiger partial charge in [-0.1, -0.05) is 133 Å². The minimum absolute atomic E-state index is 0.890. The van der Waals surface area contributed by atoms with Crippen molar-refractivity contribution in [2.24, 2.45) is 0 Å². The molecule has 15 rings (SSSR count). The lowest BCUT2D eigenvalue weighted by atomic mass is 10.0. The third-order valence-corrected chi connectivity index (χ3v) is 13.7. The monoisotopic (exact) mass is 830 g/mol. The van der Waals surface area contributed by atoms with E-state index in [0.717, 1.165) is 143 Å². The van der Waals surface area contributed by atoms with Crippen molar-refractivity contribution in [1.82, 2.24) is 9.13 Å². The SMILES string of the molecule is c1cc(-c2cccc3c2oc2ccccc23)cc(-n2c3ccccc3c3c4oc5c(ccc6c5c5ccccc5n6-c5cccc(-c6cccc7c6oc6ccccc67)c5)c4ccc32)c1. The van der Waals surface area contributed by atoms with E-state index in [4.69, 9.17) is 13.3 Å². The first kappa shape index (κ1) is 34.7. The van der Waals surface area contributed by atoms with Crippen LogP contribution in [0.3, 0.4) is 0 Å². The number of aromatic nitrogens is 2. The lowest BCUT2D eigenvalue weighted by Crippen LogP contribution is -1.94. The Kier molecular flexibility index (Phi) is 6.89. The fourth-order valence-electron chi connectivity index (χ4n) is 10.9. The quantitative estimate of drug-likeness (QED) is 0.177. The maximum atomic E-state index is 7.28. The summed E-state index contributed by atoms with van der Waals surface area (Å²) in [5.41, 5.74) is 16.3. The van der Waals surface area contributed by atoms with E-state index >= 15 is 0 Å². The first-order valence-electron chi connectivity index (χ1n) is 22.1. The molecule has 0 aliphatic carbocycles. The summed E-state index contributed by atoms with van der Waals surface area (Å²) in [5.74, 6) is 0. The maximum Gasteiger partial charge on any atom is 0.145 e. The van der Waals surface area contributed by atoms with Gasteiger partial charge in [0, 0.05) is 65.6 Å². The number of furan rings is 3. The van der Waals surface area contributed by atoms with Crippen molar-refractivity contribution < 1.29 is 13.3 Å². The van der Waals surface area contributed by atoms with Crippen LogP contribution in [-0.4, -0.2) is 9.13 Å². The molecule has 5 nitrogen and oxygen atoms in total. The van der Waals surface area contributed by atoms with Gasteiger partial charge in [0.2, 0.25) is 0 Å². The second kappa shape index (κ2) is 12.9. The van der Waals surface area contributed by atoms with Crippen LogP contribution in [-0.2, 0) is 0 Å². The summed E-state index contributed by atoms with van der Waals surface area (Å²) in [7, 11) is 0. The second-order valence-corrected chi connectivity index (χ2v) is 17.1. The minimum atomic E-state index is 0.890. The molecule has 0 amide bonds. The lowest BCUT2D eigenvalue weighted by molar-refractivity contribution is 0.669. The molecule has 5 heterocycles. The van der Waals surface area contributed by atoms with Gasteiger partial charge in [-0.05, 0) is 83.9 Å². The Labute approximate surface area is 370 Å². The predicted octanol–water partition coefficient (Wildman–Crippen LogP) is 16.9. The predicted molar refractivity (Wildman–Crippen MR) is 268 cm³/mol. The zero-order valence-corrected chi connectivity index (χ0v) is 34.7. The van der Waals surface area contributed by atoms with Gasteiger partial charge in [-0.25, -0.2) is 0 Å². The van der Waals surface area contributed by atoms with Crippen LogP contribution in [0.1, 0.15) is 0 Å². The smallest absolute Gasteiger partial charge is 0.145 e. The van der Waals surface area contributed by atoms with Crippen LogP contribution in [0.25, 0.3) is 143 Å². The van der Waals surface area contributed by atoms with E-state index < -0.39 is 0 Å². The molecule has 0 N–H and O–H groups in total. The molecule has 15 aromatic rings. The van der Waals surface area contributed by atoms with Crippen molar-refractivity contribution in [3.8, 4) is 33.6 Å². The average Bonchev–Trinajstić information content (AvgIpc) is 4.18. The molecule has 0 radical (unpaired) electrons. The Morgan fingerprint density at radius 2 is 0.662 bits per heavy atom. The molecule has 0 spiro atoms. The van der Waals surface area contributed by atoms with Crippen LogP contribution in [0.2, 0.25) is 0 Å². The Balaban J connectivity index is 0.931. The Morgan fingerprint density at radius 3 is 1.15 bits per heavy atom. The van der Waals surface area contributed by atoms with E-state index in [0.29, 0.717) is 0 Å². The third kappa shape index (κ3) is 4.76. The molecular weight excluding hydrogens is 797 g/mol. The van der Waals surface area contributed by atoms with Gasteiger partial charge < -0.3 is 22.4 Å². The second-order valence-electron chi connectivity index (χ2n) is 17.1. The van der Waals surface area contributed by atoms with E-state index in [1.807, 2.05) is 24.3 Å². The molecule has 0 fully saturated rings. The summed E-state index contributed by atoms with van der Waals surface area (Å²) in [5, 5.41) is 11.2. The number of benzene rings is 10. The van der Waals surface area contributed by atoms with E-state index in [-0.39, 0.29) is 0 Å². The van der Waals surface area contributed by atoms with Gasteiger partial charge in [0.1, 0.15) is 33.5 Å². The van der Waals surface area contributed by atoms with Crippen molar-refractivity contribution in [3.63, 3.8) is 0 Å². The molecule has 5 aromatic heterocycles. The first-order valence-corrected chi connectivity index (χ1v) is 22.1. The maximum absolute atomic E-state index is 7.28. The normalized spacial score (nSPS) is 12.3. The van der Waals surface area contributed by atoms with E-state index in [9.17, 15) is 0 Å². The molecular formula is C60H34N2O3. The van der Waals surface area contributed by atoms with Gasteiger partial charge >= 0.3 is 0 Å². The molecule has 10 aromatic carbocycles. The van der Waals surface area contributed by atoms with Gasteiger partial charge in [0.05, 0.1) is 32.8 Å². The van der Waals surface area contributed by atoms with E-state index in [1.54, 1.807) is 0 Å². The number of para-hydroxylation sites is 6. The van der Waals surface area contributed by atoms with Crippen LogP contribution in [0.15, 0.2) is 220 Å². The zero-order valence-electron chi connectivity index (χ0n) is 34.7. The molecule has 65 heavy (non-hydrogen) atoms. The fraction of sp³-hybridized carbons (Fsp3) is 0.